The van der Waals surface area contributed by atoms with Crippen molar-refractivity contribution in [3.05, 3.63) is 82.9 Å². The molecule has 29 heavy (non-hydrogen) atoms. The first-order chi connectivity index (χ1) is 14.1. The molecule has 4 aromatic rings. The zero-order chi connectivity index (χ0) is 20.2. The number of carbonyl (C=O) groups excluding carboxylic acids is 1. The Morgan fingerprint density at radius 3 is 2.69 bits per heavy atom. The summed E-state index contributed by atoms with van der Waals surface area (Å²) in [6, 6.07) is 17.7. The van der Waals surface area contributed by atoms with Gasteiger partial charge >= 0.3 is 0 Å². The van der Waals surface area contributed by atoms with Crippen molar-refractivity contribution < 1.29 is 4.79 Å². The number of pyridine rings is 1. The number of hydrogen-bond acceptors (Lipinski definition) is 3. The first-order valence-corrected chi connectivity index (χ1v) is 9.91. The number of aryl methyl sites for hydroxylation is 2. The van der Waals surface area contributed by atoms with Crippen molar-refractivity contribution in [3.63, 3.8) is 0 Å². The number of hydrogen-bond donors (Lipinski definition) is 1. The minimum atomic E-state index is -0.133. The van der Waals surface area contributed by atoms with E-state index in [9.17, 15) is 9.59 Å². The van der Waals surface area contributed by atoms with Crippen LogP contribution in [0.3, 0.4) is 0 Å². The monoisotopic (exact) mass is 388 g/mol. The highest BCUT2D eigenvalue weighted by molar-refractivity contribution is 5.77. The van der Waals surface area contributed by atoms with E-state index in [0.29, 0.717) is 17.7 Å². The number of aromatic nitrogens is 3. The molecule has 1 atom stereocenters. The number of amides is 1. The normalized spacial score (nSPS) is 12.3. The molecule has 0 saturated heterocycles. The third kappa shape index (κ3) is 4.06. The molecule has 0 spiro atoms. The van der Waals surface area contributed by atoms with Gasteiger partial charge in [0.15, 0.2) is 5.65 Å². The van der Waals surface area contributed by atoms with E-state index in [0.717, 1.165) is 18.4 Å². The summed E-state index contributed by atoms with van der Waals surface area (Å²) in [5, 5.41) is 3.04. The van der Waals surface area contributed by atoms with Crippen LogP contribution >= 0.6 is 0 Å². The Kier molecular flexibility index (Phi) is 5.42. The minimum absolute atomic E-state index is 0.0585. The van der Waals surface area contributed by atoms with Gasteiger partial charge in [-0.25, -0.2) is 4.98 Å². The molecule has 6 nitrogen and oxygen atoms in total. The van der Waals surface area contributed by atoms with Crippen molar-refractivity contribution in [2.75, 3.05) is 0 Å². The van der Waals surface area contributed by atoms with E-state index in [1.807, 2.05) is 53.9 Å². The van der Waals surface area contributed by atoms with Gasteiger partial charge in [0.1, 0.15) is 5.52 Å². The van der Waals surface area contributed by atoms with Gasteiger partial charge in [0, 0.05) is 31.4 Å². The van der Waals surface area contributed by atoms with Crippen LogP contribution in [0.15, 0.2) is 71.8 Å². The number of nitrogens with one attached hydrogen (secondary N) is 1. The molecule has 3 heterocycles. The topological polar surface area (TPSA) is 68.4 Å². The fourth-order valence-electron chi connectivity index (χ4n) is 3.65. The summed E-state index contributed by atoms with van der Waals surface area (Å²) >= 11 is 0. The van der Waals surface area contributed by atoms with E-state index in [4.69, 9.17) is 0 Å². The van der Waals surface area contributed by atoms with Crippen LogP contribution in [0.4, 0.5) is 0 Å². The first kappa shape index (κ1) is 18.9. The smallest absolute Gasteiger partial charge is 0.276 e. The number of fused-ring (bicyclic) bond motifs is 3. The van der Waals surface area contributed by atoms with Crippen LogP contribution in [0.2, 0.25) is 0 Å². The summed E-state index contributed by atoms with van der Waals surface area (Å²) in [6.07, 6.45) is 5.54. The lowest BCUT2D eigenvalue weighted by atomic mass is 10.1. The fourth-order valence-corrected chi connectivity index (χ4v) is 3.65. The Labute approximate surface area is 168 Å². The second-order valence-electron chi connectivity index (χ2n) is 7.31. The van der Waals surface area contributed by atoms with Crippen molar-refractivity contribution in [2.24, 2.45) is 0 Å². The first-order valence-electron chi connectivity index (χ1n) is 9.91. The third-order valence-electron chi connectivity index (χ3n) is 5.17. The van der Waals surface area contributed by atoms with Gasteiger partial charge in [0.05, 0.1) is 5.52 Å². The van der Waals surface area contributed by atoms with Crippen LogP contribution in [-0.2, 0) is 17.8 Å². The van der Waals surface area contributed by atoms with Crippen molar-refractivity contribution in [1.29, 1.82) is 0 Å². The summed E-state index contributed by atoms with van der Waals surface area (Å²) in [4.78, 5) is 29.7. The van der Waals surface area contributed by atoms with E-state index in [-0.39, 0.29) is 23.9 Å². The van der Waals surface area contributed by atoms with Gasteiger partial charge in [0.25, 0.3) is 5.56 Å². The lowest BCUT2D eigenvalue weighted by Gasteiger charge is -2.15. The van der Waals surface area contributed by atoms with Gasteiger partial charge < -0.3 is 9.72 Å². The molecule has 0 saturated carbocycles. The number of rotatable bonds is 7. The molecule has 0 unspecified atom stereocenters. The largest absolute Gasteiger partial charge is 0.354 e. The molecule has 0 aliphatic heterocycles. The average Bonchev–Trinajstić information content (AvgIpc) is 3.23. The molecule has 148 valence electrons. The summed E-state index contributed by atoms with van der Waals surface area (Å²) in [5.41, 5.74) is 3.15. The predicted molar refractivity (Wildman–Crippen MR) is 114 cm³/mol. The molecule has 1 N–H and O–H groups in total. The van der Waals surface area contributed by atoms with Crippen LogP contribution in [0.1, 0.15) is 25.3 Å². The summed E-state index contributed by atoms with van der Waals surface area (Å²) in [6.45, 7) is 2.31. The molecule has 3 aromatic heterocycles. The zero-order valence-electron chi connectivity index (χ0n) is 16.4. The molecule has 1 amide bonds. The molecule has 0 aliphatic rings. The van der Waals surface area contributed by atoms with E-state index in [2.05, 4.69) is 22.4 Å². The maximum Gasteiger partial charge on any atom is 0.276 e. The molecule has 0 aliphatic carbocycles. The molecule has 0 fully saturated rings. The SMILES string of the molecule is C[C@H](CCc1ccccc1)NC(=O)CCn1c(=O)c2cccn2c2cccnc21. The Bertz CT molecular complexity index is 1190. The van der Waals surface area contributed by atoms with Gasteiger partial charge in [0.2, 0.25) is 5.91 Å². The van der Waals surface area contributed by atoms with Crippen molar-refractivity contribution >= 4 is 22.6 Å². The summed E-state index contributed by atoms with van der Waals surface area (Å²) in [5.74, 6) is -0.0585. The highest BCUT2D eigenvalue weighted by Crippen LogP contribution is 2.13. The van der Waals surface area contributed by atoms with Gasteiger partial charge in [-0.15, -0.1) is 0 Å². The van der Waals surface area contributed by atoms with E-state index in [1.165, 1.54) is 5.56 Å². The Morgan fingerprint density at radius 1 is 1.07 bits per heavy atom. The molecule has 4 rings (SSSR count). The van der Waals surface area contributed by atoms with Crippen molar-refractivity contribution in [1.82, 2.24) is 19.3 Å². The van der Waals surface area contributed by atoms with Crippen LogP contribution in [0, 0.1) is 0 Å². The highest BCUT2D eigenvalue weighted by atomic mass is 16.2. The quantitative estimate of drug-likeness (QED) is 0.529. The van der Waals surface area contributed by atoms with Gasteiger partial charge in [-0.3, -0.25) is 14.2 Å². The second kappa shape index (κ2) is 8.31. The number of benzene rings is 1. The standard InChI is InChI=1S/C23H24N4O2/c1-17(11-12-18-7-3-2-4-8-18)25-21(28)13-16-27-22-19(9-5-14-24-22)26-15-6-10-20(26)23(27)29/h2-10,14-15,17H,11-13,16H2,1H3,(H,25,28)/t17-/m1/s1. The van der Waals surface area contributed by atoms with Crippen LogP contribution in [0.25, 0.3) is 16.7 Å². The van der Waals surface area contributed by atoms with E-state index in [1.54, 1.807) is 16.8 Å². The minimum Gasteiger partial charge on any atom is -0.354 e. The maximum absolute atomic E-state index is 12.9. The molecule has 1 aromatic carbocycles. The molecular weight excluding hydrogens is 364 g/mol. The predicted octanol–water partition coefficient (Wildman–Crippen LogP) is 3.18. The van der Waals surface area contributed by atoms with E-state index < -0.39 is 0 Å². The van der Waals surface area contributed by atoms with Crippen molar-refractivity contribution in [3.8, 4) is 0 Å². The Balaban J connectivity index is 1.43. The van der Waals surface area contributed by atoms with Crippen LogP contribution in [-0.4, -0.2) is 25.9 Å². The molecule has 0 radical (unpaired) electrons. The molecule has 0 bridgehead atoms. The Morgan fingerprint density at radius 2 is 1.86 bits per heavy atom. The maximum atomic E-state index is 12.9. The van der Waals surface area contributed by atoms with Gasteiger partial charge in [-0.1, -0.05) is 30.3 Å². The lowest BCUT2D eigenvalue weighted by molar-refractivity contribution is -0.121. The molecular formula is C23H24N4O2. The average molecular weight is 388 g/mol. The van der Waals surface area contributed by atoms with Crippen LogP contribution < -0.4 is 10.9 Å². The highest BCUT2D eigenvalue weighted by Gasteiger charge is 2.13. The van der Waals surface area contributed by atoms with Gasteiger partial charge in [-0.05, 0) is 49.6 Å². The summed E-state index contributed by atoms with van der Waals surface area (Å²) in [7, 11) is 0. The number of nitrogens with zero attached hydrogens (tertiary/aromatic N) is 3. The number of carbonyl (C=O) groups is 1. The third-order valence-corrected chi connectivity index (χ3v) is 5.17. The van der Waals surface area contributed by atoms with E-state index >= 15 is 0 Å². The zero-order valence-corrected chi connectivity index (χ0v) is 16.4. The summed E-state index contributed by atoms with van der Waals surface area (Å²) < 4.78 is 3.44. The molecule has 6 heteroatoms. The van der Waals surface area contributed by atoms with Crippen LogP contribution in [0.5, 0.6) is 0 Å². The van der Waals surface area contributed by atoms with Crippen molar-refractivity contribution in [2.45, 2.75) is 38.8 Å². The fraction of sp³-hybridized carbons (Fsp3) is 0.261. The van der Waals surface area contributed by atoms with Gasteiger partial charge in [-0.2, -0.15) is 0 Å². The Hall–Kier alpha value is -3.41. The lowest BCUT2D eigenvalue weighted by Crippen LogP contribution is -2.34. The second-order valence-corrected chi connectivity index (χ2v) is 7.31.